The summed E-state index contributed by atoms with van der Waals surface area (Å²) < 4.78 is 0. The fourth-order valence-electron chi connectivity index (χ4n) is 3.08. The summed E-state index contributed by atoms with van der Waals surface area (Å²) in [6.07, 6.45) is 7.03. The molecule has 0 aliphatic carbocycles. The van der Waals surface area contributed by atoms with Crippen molar-refractivity contribution < 1.29 is 0 Å². The van der Waals surface area contributed by atoms with Crippen LogP contribution >= 0.6 is 11.6 Å². The van der Waals surface area contributed by atoms with Gasteiger partial charge in [0, 0.05) is 30.0 Å². The van der Waals surface area contributed by atoms with Crippen LogP contribution in [0.3, 0.4) is 0 Å². The molecule has 0 bridgehead atoms. The first-order valence-electron chi connectivity index (χ1n) is 7.50. The third-order valence-corrected chi connectivity index (χ3v) is 4.59. The van der Waals surface area contributed by atoms with Gasteiger partial charge < -0.3 is 0 Å². The highest BCUT2D eigenvalue weighted by Gasteiger charge is 2.20. The maximum atomic E-state index is 6.16. The lowest BCUT2D eigenvalue weighted by atomic mass is 10.1. The normalized spacial score (nSPS) is 20.9. The second-order valence-corrected chi connectivity index (χ2v) is 5.97. The largest absolute Gasteiger partial charge is 0.295 e. The highest BCUT2D eigenvalue weighted by Crippen LogP contribution is 2.21. The Morgan fingerprint density at radius 1 is 1.20 bits per heavy atom. The molecule has 1 atom stereocenters. The van der Waals surface area contributed by atoms with Gasteiger partial charge in [0.15, 0.2) is 0 Å². The predicted molar refractivity (Wildman–Crippen MR) is 85.1 cm³/mol. The lowest BCUT2D eigenvalue weighted by Crippen LogP contribution is -2.35. The van der Waals surface area contributed by atoms with Crippen molar-refractivity contribution in [3.63, 3.8) is 0 Å². The van der Waals surface area contributed by atoms with Crippen LogP contribution in [0.25, 0.3) is 10.9 Å². The standard InChI is InChI=1S/C17H21ClN2/c18-12-16-6-2-1-3-10-20(16)13-14-7-8-17-15(11-14)5-4-9-19-17/h4-5,7-9,11,16H,1-3,6,10,12-13H2. The van der Waals surface area contributed by atoms with Gasteiger partial charge in [0.25, 0.3) is 0 Å². The number of nitrogens with zero attached hydrogens (tertiary/aromatic N) is 2. The Labute approximate surface area is 125 Å². The van der Waals surface area contributed by atoms with Crippen molar-refractivity contribution >= 4 is 22.5 Å². The molecule has 0 saturated carbocycles. The number of hydrogen-bond donors (Lipinski definition) is 0. The first kappa shape index (κ1) is 13.8. The van der Waals surface area contributed by atoms with Crippen LogP contribution in [0.4, 0.5) is 0 Å². The van der Waals surface area contributed by atoms with E-state index in [4.69, 9.17) is 11.6 Å². The minimum absolute atomic E-state index is 0.531. The topological polar surface area (TPSA) is 16.1 Å². The highest BCUT2D eigenvalue weighted by molar-refractivity contribution is 6.18. The van der Waals surface area contributed by atoms with E-state index in [0.29, 0.717) is 6.04 Å². The molecule has 3 rings (SSSR count). The van der Waals surface area contributed by atoms with Crippen molar-refractivity contribution in [3.8, 4) is 0 Å². The van der Waals surface area contributed by atoms with Gasteiger partial charge in [0.1, 0.15) is 0 Å². The van der Waals surface area contributed by atoms with Crippen molar-refractivity contribution in [2.45, 2.75) is 38.3 Å². The summed E-state index contributed by atoms with van der Waals surface area (Å²) in [7, 11) is 0. The van der Waals surface area contributed by atoms with Crippen LogP contribution < -0.4 is 0 Å². The van der Waals surface area contributed by atoms with Gasteiger partial charge in [0.2, 0.25) is 0 Å². The van der Waals surface area contributed by atoms with Gasteiger partial charge in [0.05, 0.1) is 5.52 Å². The van der Waals surface area contributed by atoms with Gasteiger partial charge in [-0.25, -0.2) is 0 Å². The minimum Gasteiger partial charge on any atom is -0.295 e. The molecule has 20 heavy (non-hydrogen) atoms. The van der Waals surface area contributed by atoms with Crippen molar-refractivity contribution in [1.29, 1.82) is 0 Å². The molecule has 1 unspecified atom stereocenters. The first-order chi connectivity index (χ1) is 9.86. The van der Waals surface area contributed by atoms with Gasteiger partial charge in [-0.1, -0.05) is 25.0 Å². The maximum absolute atomic E-state index is 6.16. The lowest BCUT2D eigenvalue weighted by Gasteiger charge is -2.28. The fraction of sp³-hybridized carbons (Fsp3) is 0.471. The Hall–Kier alpha value is -1.12. The van der Waals surface area contributed by atoms with E-state index in [1.165, 1.54) is 43.2 Å². The number of halogens is 1. The van der Waals surface area contributed by atoms with E-state index >= 15 is 0 Å². The molecule has 0 radical (unpaired) electrons. The molecule has 1 aromatic carbocycles. The number of aromatic nitrogens is 1. The molecule has 0 N–H and O–H groups in total. The van der Waals surface area contributed by atoms with Crippen LogP contribution in [0.15, 0.2) is 36.5 Å². The number of fused-ring (bicyclic) bond motifs is 1. The maximum Gasteiger partial charge on any atom is 0.0702 e. The molecule has 2 aromatic rings. The average Bonchev–Trinajstić information content (AvgIpc) is 2.72. The molecule has 1 aliphatic rings. The Balaban J connectivity index is 1.80. The van der Waals surface area contributed by atoms with E-state index in [1.54, 1.807) is 0 Å². The molecule has 1 fully saturated rings. The fourth-order valence-corrected chi connectivity index (χ4v) is 3.43. The summed E-state index contributed by atoms with van der Waals surface area (Å²) >= 11 is 6.16. The van der Waals surface area contributed by atoms with Crippen LogP contribution in [0.1, 0.15) is 31.2 Å². The number of rotatable bonds is 3. The molecule has 1 aromatic heterocycles. The Morgan fingerprint density at radius 2 is 2.15 bits per heavy atom. The minimum atomic E-state index is 0.531. The van der Waals surface area contributed by atoms with Gasteiger partial charge in [-0.2, -0.15) is 0 Å². The Bertz CT molecular complexity index is 570. The zero-order valence-electron chi connectivity index (χ0n) is 11.8. The molecular weight excluding hydrogens is 268 g/mol. The summed E-state index contributed by atoms with van der Waals surface area (Å²) in [6.45, 7) is 2.17. The molecule has 1 aliphatic heterocycles. The molecule has 1 saturated heterocycles. The Morgan fingerprint density at radius 3 is 3.05 bits per heavy atom. The van der Waals surface area contributed by atoms with E-state index in [1.807, 2.05) is 12.3 Å². The van der Waals surface area contributed by atoms with Crippen molar-refractivity contribution in [1.82, 2.24) is 9.88 Å². The number of benzene rings is 1. The average molecular weight is 289 g/mol. The summed E-state index contributed by atoms with van der Waals surface area (Å²) in [5, 5.41) is 1.22. The van der Waals surface area contributed by atoms with Crippen LogP contribution in [-0.2, 0) is 6.54 Å². The quantitative estimate of drug-likeness (QED) is 0.786. The monoisotopic (exact) mass is 288 g/mol. The zero-order valence-corrected chi connectivity index (χ0v) is 12.5. The number of pyridine rings is 1. The summed E-state index contributed by atoms with van der Waals surface area (Å²) in [5.74, 6) is 0.745. The molecule has 0 spiro atoms. The third kappa shape index (κ3) is 3.13. The van der Waals surface area contributed by atoms with Gasteiger partial charge in [-0.05, 0) is 43.1 Å². The van der Waals surface area contributed by atoms with E-state index in [-0.39, 0.29) is 0 Å². The summed E-state index contributed by atoms with van der Waals surface area (Å²) in [5.41, 5.74) is 2.43. The molecule has 2 heterocycles. The van der Waals surface area contributed by atoms with Crippen molar-refractivity contribution in [2.24, 2.45) is 0 Å². The van der Waals surface area contributed by atoms with Crippen molar-refractivity contribution in [3.05, 3.63) is 42.1 Å². The first-order valence-corrected chi connectivity index (χ1v) is 8.04. The van der Waals surface area contributed by atoms with Crippen LogP contribution in [0.2, 0.25) is 0 Å². The molecule has 3 heteroatoms. The number of hydrogen-bond acceptors (Lipinski definition) is 2. The smallest absolute Gasteiger partial charge is 0.0702 e. The molecule has 0 amide bonds. The van der Waals surface area contributed by atoms with E-state index in [9.17, 15) is 0 Å². The summed E-state index contributed by atoms with van der Waals surface area (Å²) in [4.78, 5) is 6.93. The van der Waals surface area contributed by atoms with Crippen molar-refractivity contribution in [2.75, 3.05) is 12.4 Å². The second kappa shape index (κ2) is 6.55. The second-order valence-electron chi connectivity index (χ2n) is 5.66. The number of likely N-dealkylation sites (tertiary alicyclic amines) is 1. The zero-order chi connectivity index (χ0) is 13.8. The van der Waals surface area contributed by atoms with Gasteiger partial charge >= 0.3 is 0 Å². The third-order valence-electron chi connectivity index (χ3n) is 4.23. The van der Waals surface area contributed by atoms with Gasteiger partial charge in [-0.15, -0.1) is 11.6 Å². The van der Waals surface area contributed by atoms with Gasteiger partial charge in [-0.3, -0.25) is 9.88 Å². The van der Waals surface area contributed by atoms with Crippen LogP contribution in [0.5, 0.6) is 0 Å². The highest BCUT2D eigenvalue weighted by atomic mass is 35.5. The number of alkyl halides is 1. The predicted octanol–water partition coefficient (Wildman–Crippen LogP) is 4.22. The van der Waals surface area contributed by atoms with E-state index < -0.39 is 0 Å². The molecular formula is C17H21ClN2. The van der Waals surface area contributed by atoms with E-state index in [0.717, 1.165) is 17.9 Å². The van der Waals surface area contributed by atoms with Crippen LogP contribution in [0, 0.1) is 0 Å². The van der Waals surface area contributed by atoms with Crippen LogP contribution in [-0.4, -0.2) is 28.4 Å². The molecule has 106 valence electrons. The SMILES string of the molecule is ClCC1CCCCCN1Cc1ccc2ncccc2c1. The Kier molecular flexibility index (Phi) is 4.54. The molecule has 2 nitrogen and oxygen atoms in total. The summed E-state index contributed by atoms with van der Waals surface area (Å²) in [6, 6.07) is 11.2. The lowest BCUT2D eigenvalue weighted by molar-refractivity contribution is 0.207. The van der Waals surface area contributed by atoms with E-state index in [2.05, 4.69) is 34.1 Å².